The Morgan fingerprint density at radius 3 is 3.18 bits per heavy atom. The zero-order chi connectivity index (χ0) is 12.4. The van der Waals surface area contributed by atoms with E-state index in [1.165, 1.54) is 11.3 Å². The maximum atomic E-state index is 10.8. The van der Waals surface area contributed by atoms with Crippen molar-refractivity contribution in [2.45, 2.75) is 12.1 Å². The Balaban J connectivity index is 2.14. The number of hydrogen-bond donors (Lipinski definition) is 2. The molecule has 0 radical (unpaired) electrons. The van der Waals surface area contributed by atoms with Gasteiger partial charge in [0.2, 0.25) is 0 Å². The van der Waals surface area contributed by atoms with Gasteiger partial charge >= 0.3 is 5.97 Å². The minimum Gasteiger partial charge on any atom is -0.480 e. The van der Waals surface area contributed by atoms with Gasteiger partial charge in [0, 0.05) is 23.4 Å². The second-order valence-electron chi connectivity index (χ2n) is 4.00. The Morgan fingerprint density at radius 1 is 1.76 bits per heavy atom. The van der Waals surface area contributed by atoms with Gasteiger partial charge in [-0.05, 0) is 7.05 Å². The summed E-state index contributed by atoms with van der Waals surface area (Å²) in [5, 5.41) is 11.5. The lowest BCUT2D eigenvalue weighted by atomic mass is 10.2. The lowest BCUT2D eigenvalue weighted by Gasteiger charge is -2.30. The fraction of sp³-hybridized carbons (Fsp3) is 0.600. The molecule has 2 unspecified atom stereocenters. The Labute approximate surface area is 108 Å². The molecule has 3 N–H and O–H groups in total. The molecule has 2 rings (SSSR count). The van der Waals surface area contributed by atoms with Crippen LogP contribution in [0, 0.1) is 0 Å². The molecule has 1 aromatic rings. The molecule has 1 aliphatic heterocycles. The number of thioether (sulfide) groups is 1. The van der Waals surface area contributed by atoms with Crippen LogP contribution in [-0.4, -0.2) is 46.1 Å². The van der Waals surface area contributed by atoms with E-state index in [-0.39, 0.29) is 6.04 Å². The lowest BCUT2D eigenvalue weighted by molar-refractivity contribution is -0.138. The zero-order valence-corrected chi connectivity index (χ0v) is 11.1. The molecule has 0 amide bonds. The molecule has 1 fully saturated rings. The smallest absolute Gasteiger partial charge is 0.326 e. The van der Waals surface area contributed by atoms with E-state index in [2.05, 4.69) is 16.9 Å². The summed E-state index contributed by atoms with van der Waals surface area (Å²) >= 11 is 3.40. The summed E-state index contributed by atoms with van der Waals surface area (Å²) in [6.07, 6.45) is 0. The lowest BCUT2D eigenvalue weighted by Crippen LogP contribution is -2.32. The zero-order valence-electron chi connectivity index (χ0n) is 9.50. The number of rotatable bonds is 3. The summed E-state index contributed by atoms with van der Waals surface area (Å²) in [5.41, 5.74) is 6.00. The molecular weight excluding hydrogens is 258 g/mol. The Kier molecular flexibility index (Phi) is 4.03. The van der Waals surface area contributed by atoms with Gasteiger partial charge in [-0.25, -0.2) is 4.98 Å². The summed E-state index contributed by atoms with van der Waals surface area (Å²) in [4.78, 5) is 17.4. The van der Waals surface area contributed by atoms with Gasteiger partial charge in [0.15, 0.2) is 0 Å². The van der Waals surface area contributed by atoms with E-state index in [1.807, 2.05) is 11.8 Å². The van der Waals surface area contributed by atoms with Gasteiger partial charge in [0.05, 0.1) is 11.7 Å². The molecule has 7 heteroatoms. The fourth-order valence-electron chi connectivity index (χ4n) is 1.67. The minimum atomic E-state index is -1.03. The highest BCUT2D eigenvalue weighted by Crippen LogP contribution is 2.31. The van der Waals surface area contributed by atoms with Crippen LogP contribution >= 0.6 is 23.1 Å². The van der Waals surface area contributed by atoms with E-state index in [0.717, 1.165) is 23.1 Å². The highest BCUT2D eigenvalue weighted by molar-refractivity contribution is 7.99. The molecule has 0 spiro atoms. The largest absolute Gasteiger partial charge is 0.480 e. The van der Waals surface area contributed by atoms with Crippen molar-refractivity contribution in [2.75, 3.05) is 25.1 Å². The number of carboxylic acids is 1. The van der Waals surface area contributed by atoms with Gasteiger partial charge in [-0.1, -0.05) is 0 Å². The van der Waals surface area contributed by atoms with E-state index < -0.39 is 12.0 Å². The van der Waals surface area contributed by atoms with Crippen LogP contribution in [0.5, 0.6) is 0 Å². The van der Waals surface area contributed by atoms with Gasteiger partial charge < -0.3 is 10.8 Å². The van der Waals surface area contributed by atoms with Crippen molar-refractivity contribution >= 4 is 29.1 Å². The predicted octanol–water partition coefficient (Wildman–Crippen LogP) is 0.947. The molecule has 2 atom stereocenters. The molecule has 2 heterocycles. The van der Waals surface area contributed by atoms with Crippen LogP contribution in [0.25, 0.3) is 0 Å². The third kappa shape index (κ3) is 2.79. The van der Waals surface area contributed by atoms with Gasteiger partial charge in [0.1, 0.15) is 11.0 Å². The van der Waals surface area contributed by atoms with Crippen molar-refractivity contribution in [2.24, 2.45) is 5.73 Å². The monoisotopic (exact) mass is 273 g/mol. The molecule has 0 aromatic carbocycles. The second-order valence-corrected chi connectivity index (χ2v) is 6.04. The highest BCUT2D eigenvalue weighted by Gasteiger charge is 2.25. The van der Waals surface area contributed by atoms with Crippen LogP contribution in [0.3, 0.4) is 0 Å². The molecule has 94 valence electrons. The average Bonchev–Trinajstić information content (AvgIpc) is 2.77. The highest BCUT2D eigenvalue weighted by atomic mass is 32.2. The van der Waals surface area contributed by atoms with Crippen molar-refractivity contribution < 1.29 is 9.90 Å². The van der Waals surface area contributed by atoms with Crippen LogP contribution in [0.4, 0.5) is 0 Å². The third-order valence-electron chi connectivity index (χ3n) is 2.81. The summed E-state index contributed by atoms with van der Waals surface area (Å²) in [6.45, 7) is 1.04. The van der Waals surface area contributed by atoms with Gasteiger partial charge in [-0.15, -0.1) is 11.3 Å². The van der Waals surface area contributed by atoms with E-state index in [1.54, 1.807) is 5.38 Å². The number of carboxylic acid groups (broad SMARTS) is 1. The summed E-state index contributed by atoms with van der Waals surface area (Å²) in [7, 11) is 2.07. The molecule has 1 aliphatic rings. The standard InChI is InChI=1S/C10H15N3O2S2/c1-13-2-3-16-5-7(13)9-12-6(4-17-9)8(11)10(14)15/h4,7-8H,2-3,5,11H2,1H3,(H,14,15). The van der Waals surface area contributed by atoms with Crippen molar-refractivity contribution in [3.63, 3.8) is 0 Å². The van der Waals surface area contributed by atoms with Crippen molar-refractivity contribution in [3.05, 3.63) is 16.1 Å². The molecule has 17 heavy (non-hydrogen) atoms. The molecule has 0 saturated carbocycles. The first kappa shape index (κ1) is 12.8. The van der Waals surface area contributed by atoms with E-state index >= 15 is 0 Å². The fourth-order valence-corrected chi connectivity index (χ4v) is 4.01. The Bertz CT molecular complexity index is 410. The van der Waals surface area contributed by atoms with Crippen molar-refractivity contribution in [3.8, 4) is 0 Å². The first-order valence-electron chi connectivity index (χ1n) is 5.31. The van der Waals surface area contributed by atoms with Gasteiger partial charge in [-0.2, -0.15) is 11.8 Å². The number of carbonyl (C=O) groups is 1. The quantitative estimate of drug-likeness (QED) is 0.853. The van der Waals surface area contributed by atoms with E-state index in [9.17, 15) is 4.79 Å². The first-order valence-corrected chi connectivity index (χ1v) is 7.34. The SMILES string of the molecule is CN1CCSCC1c1nc(C(N)C(=O)O)cs1. The predicted molar refractivity (Wildman–Crippen MR) is 69.4 cm³/mol. The number of aliphatic carboxylic acids is 1. The minimum absolute atomic E-state index is 0.286. The van der Waals surface area contributed by atoms with E-state index in [4.69, 9.17) is 10.8 Å². The van der Waals surface area contributed by atoms with Crippen molar-refractivity contribution in [1.82, 2.24) is 9.88 Å². The van der Waals surface area contributed by atoms with Crippen LogP contribution in [0.2, 0.25) is 0 Å². The second kappa shape index (κ2) is 5.34. The molecule has 1 aromatic heterocycles. The third-order valence-corrected chi connectivity index (χ3v) is 4.79. The Morgan fingerprint density at radius 2 is 2.53 bits per heavy atom. The van der Waals surface area contributed by atoms with Gasteiger partial charge in [-0.3, -0.25) is 9.69 Å². The maximum Gasteiger partial charge on any atom is 0.326 e. The molecule has 0 aliphatic carbocycles. The number of nitrogens with two attached hydrogens (primary N) is 1. The number of thiazole rings is 1. The average molecular weight is 273 g/mol. The van der Waals surface area contributed by atoms with Crippen LogP contribution in [0.1, 0.15) is 22.8 Å². The number of nitrogens with zero attached hydrogens (tertiary/aromatic N) is 2. The summed E-state index contributed by atoms with van der Waals surface area (Å²) in [6, 6.07) is -0.727. The first-order chi connectivity index (χ1) is 8.09. The maximum absolute atomic E-state index is 10.8. The van der Waals surface area contributed by atoms with Crippen LogP contribution in [-0.2, 0) is 4.79 Å². The molecule has 5 nitrogen and oxygen atoms in total. The van der Waals surface area contributed by atoms with Gasteiger partial charge in [0.25, 0.3) is 0 Å². The Hall–Kier alpha value is -0.630. The normalized spacial score (nSPS) is 23.5. The summed E-state index contributed by atoms with van der Waals surface area (Å²) in [5.74, 6) is 1.11. The number of aromatic nitrogens is 1. The van der Waals surface area contributed by atoms with Crippen molar-refractivity contribution in [1.29, 1.82) is 0 Å². The van der Waals surface area contributed by atoms with Crippen LogP contribution < -0.4 is 5.73 Å². The van der Waals surface area contributed by atoms with Crippen LogP contribution in [0.15, 0.2) is 5.38 Å². The van der Waals surface area contributed by atoms with E-state index in [0.29, 0.717) is 5.69 Å². The topological polar surface area (TPSA) is 79.5 Å². The molecular formula is C10H15N3O2S2. The molecule has 0 bridgehead atoms. The number of hydrogen-bond acceptors (Lipinski definition) is 6. The summed E-state index contributed by atoms with van der Waals surface area (Å²) < 4.78 is 0. The molecule has 1 saturated heterocycles.